The van der Waals surface area contributed by atoms with Crippen LogP contribution in [0, 0.1) is 11.3 Å². The van der Waals surface area contributed by atoms with Gasteiger partial charge in [0, 0.05) is 30.0 Å². The van der Waals surface area contributed by atoms with Crippen LogP contribution in [0.1, 0.15) is 18.0 Å². The maximum absolute atomic E-state index is 9.21. The van der Waals surface area contributed by atoms with Gasteiger partial charge in [-0.2, -0.15) is 5.26 Å². The van der Waals surface area contributed by atoms with Gasteiger partial charge in [0.15, 0.2) is 0 Å². The molecule has 1 aromatic carbocycles. The molecule has 2 heterocycles. The van der Waals surface area contributed by atoms with Gasteiger partial charge in [0.25, 0.3) is 0 Å². The lowest BCUT2D eigenvalue weighted by Crippen LogP contribution is -2.21. The third-order valence-corrected chi connectivity index (χ3v) is 4.02. The van der Waals surface area contributed by atoms with Crippen LogP contribution in [0.2, 0.25) is 0 Å². The molecule has 0 N–H and O–H groups in total. The van der Waals surface area contributed by atoms with Crippen LogP contribution in [0.3, 0.4) is 0 Å². The zero-order valence-electron chi connectivity index (χ0n) is 10.3. The van der Waals surface area contributed by atoms with E-state index in [1.54, 1.807) is 0 Å². The first-order chi connectivity index (χ1) is 9.28. The Morgan fingerprint density at radius 2 is 2.32 bits per heavy atom. The summed E-state index contributed by atoms with van der Waals surface area (Å²) in [7, 11) is 0. The lowest BCUT2D eigenvalue weighted by Gasteiger charge is -2.20. The van der Waals surface area contributed by atoms with E-state index in [0.717, 1.165) is 35.2 Å². The summed E-state index contributed by atoms with van der Waals surface area (Å²) in [5.74, 6) is 0. The average Bonchev–Trinajstić information content (AvgIpc) is 3.09. The Morgan fingerprint density at radius 1 is 1.42 bits per heavy atom. The van der Waals surface area contributed by atoms with Crippen LogP contribution in [-0.4, -0.2) is 22.6 Å². The van der Waals surface area contributed by atoms with Gasteiger partial charge in [-0.15, -0.1) is 0 Å². The van der Waals surface area contributed by atoms with Gasteiger partial charge in [-0.1, -0.05) is 15.9 Å². The summed E-state index contributed by atoms with van der Waals surface area (Å²) in [6, 6.07) is 8.50. The fraction of sp³-hybridized carbons (Fsp3) is 0.286. The Morgan fingerprint density at radius 3 is 3.05 bits per heavy atom. The van der Waals surface area contributed by atoms with Crippen molar-refractivity contribution >= 4 is 21.6 Å². The third-order valence-electron chi connectivity index (χ3n) is 3.53. The van der Waals surface area contributed by atoms with Gasteiger partial charge in [0.05, 0.1) is 23.6 Å². The molecule has 1 aliphatic rings. The van der Waals surface area contributed by atoms with Crippen molar-refractivity contribution in [1.82, 2.24) is 9.55 Å². The molecule has 19 heavy (non-hydrogen) atoms. The predicted octanol–water partition coefficient (Wildman–Crippen LogP) is 2.97. The zero-order chi connectivity index (χ0) is 13.2. The summed E-state index contributed by atoms with van der Waals surface area (Å²) in [5, 5.41) is 9.21. The number of nitrogens with zero attached hydrogens (tertiary/aromatic N) is 4. The molecule has 5 heteroatoms. The minimum absolute atomic E-state index is 0.438. The Balaban J connectivity index is 1.85. The van der Waals surface area contributed by atoms with E-state index >= 15 is 0 Å². The molecule has 2 aromatic rings. The Bertz CT molecular complexity index is 615. The van der Waals surface area contributed by atoms with Crippen molar-refractivity contribution in [3.05, 3.63) is 47.0 Å². The Hall–Kier alpha value is -1.80. The van der Waals surface area contributed by atoms with Gasteiger partial charge < -0.3 is 9.47 Å². The predicted molar refractivity (Wildman–Crippen MR) is 77.0 cm³/mol. The largest absolute Gasteiger partial charge is 0.368 e. The maximum atomic E-state index is 9.21. The number of nitriles is 1. The summed E-state index contributed by atoms with van der Waals surface area (Å²) < 4.78 is 3.15. The highest BCUT2D eigenvalue weighted by atomic mass is 79.9. The van der Waals surface area contributed by atoms with Gasteiger partial charge >= 0.3 is 0 Å². The van der Waals surface area contributed by atoms with Crippen LogP contribution in [0.4, 0.5) is 5.69 Å². The van der Waals surface area contributed by atoms with Gasteiger partial charge in [0.1, 0.15) is 6.07 Å². The molecule has 96 valence electrons. The highest BCUT2D eigenvalue weighted by Gasteiger charge is 2.25. The Kier molecular flexibility index (Phi) is 3.26. The van der Waals surface area contributed by atoms with Crippen LogP contribution in [0.25, 0.3) is 0 Å². The second-order valence-electron chi connectivity index (χ2n) is 4.67. The number of aromatic nitrogens is 2. The second-order valence-corrected chi connectivity index (χ2v) is 5.59. The molecule has 1 atom stereocenters. The molecule has 0 bridgehead atoms. The molecular weight excluding hydrogens is 304 g/mol. The molecule has 1 aliphatic heterocycles. The van der Waals surface area contributed by atoms with Crippen molar-refractivity contribution in [2.24, 2.45) is 0 Å². The maximum Gasteiger partial charge on any atom is 0.101 e. The molecule has 1 saturated heterocycles. The van der Waals surface area contributed by atoms with E-state index in [1.807, 2.05) is 36.9 Å². The van der Waals surface area contributed by atoms with Gasteiger partial charge in [-0.25, -0.2) is 4.98 Å². The standard InChI is InChI=1S/C14H13BrN4/c15-12-2-1-11(8-16)14(7-12)18-5-3-13(9-18)19-6-4-17-10-19/h1-2,4,6-7,10,13H,3,5,9H2. The first kappa shape index (κ1) is 12.2. The van der Waals surface area contributed by atoms with E-state index in [0.29, 0.717) is 6.04 Å². The van der Waals surface area contributed by atoms with E-state index in [-0.39, 0.29) is 0 Å². The monoisotopic (exact) mass is 316 g/mol. The minimum Gasteiger partial charge on any atom is -0.368 e. The summed E-state index contributed by atoms with van der Waals surface area (Å²) in [4.78, 5) is 6.37. The average molecular weight is 317 g/mol. The minimum atomic E-state index is 0.438. The summed E-state index contributed by atoms with van der Waals surface area (Å²) in [6.45, 7) is 1.88. The second kappa shape index (κ2) is 5.06. The molecule has 0 aliphatic carbocycles. The SMILES string of the molecule is N#Cc1ccc(Br)cc1N1CCC(n2ccnc2)C1. The van der Waals surface area contributed by atoms with E-state index in [2.05, 4.69) is 36.5 Å². The quantitative estimate of drug-likeness (QED) is 0.855. The van der Waals surface area contributed by atoms with Crippen LogP contribution < -0.4 is 4.90 Å². The fourth-order valence-electron chi connectivity index (χ4n) is 2.55. The summed E-state index contributed by atoms with van der Waals surface area (Å²) in [5.41, 5.74) is 1.74. The van der Waals surface area contributed by atoms with Crippen molar-refractivity contribution in [1.29, 1.82) is 5.26 Å². The first-order valence-electron chi connectivity index (χ1n) is 6.20. The molecule has 0 spiro atoms. The molecule has 0 amide bonds. The number of hydrogen-bond acceptors (Lipinski definition) is 3. The number of anilines is 1. The molecule has 1 unspecified atom stereocenters. The van der Waals surface area contributed by atoms with E-state index in [9.17, 15) is 5.26 Å². The molecule has 4 nitrogen and oxygen atoms in total. The van der Waals surface area contributed by atoms with Gasteiger partial charge in [-0.3, -0.25) is 0 Å². The molecule has 0 radical (unpaired) electrons. The highest BCUT2D eigenvalue weighted by Crippen LogP contribution is 2.31. The highest BCUT2D eigenvalue weighted by molar-refractivity contribution is 9.10. The number of rotatable bonds is 2. The van der Waals surface area contributed by atoms with Crippen molar-refractivity contribution in [3.8, 4) is 6.07 Å². The zero-order valence-corrected chi connectivity index (χ0v) is 11.9. The normalized spacial score (nSPS) is 18.5. The molecular formula is C14H13BrN4. The van der Waals surface area contributed by atoms with Crippen molar-refractivity contribution in [3.63, 3.8) is 0 Å². The topological polar surface area (TPSA) is 44.9 Å². The third kappa shape index (κ3) is 2.36. The molecule has 0 saturated carbocycles. The van der Waals surface area contributed by atoms with Gasteiger partial charge in [0.2, 0.25) is 0 Å². The smallest absolute Gasteiger partial charge is 0.101 e. The molecule has 3 rings (SSSR count). The molecule has 1 fully saturated rings. The summed E-state index contributed by atoms with van der Waals surface area (Å²) in [6.07, 6.45) is 6.75. The van der Waals surface area contributed by atoms with Crippen molar-refractivity contribution in [2.45, 2.75) is 12.5 Å². The van der Waals surface area contributed by atoms with Crippen LogP contribution in [0.5, 0.6) is 0 Å². The summed E-state index contributed by atoms with van der Waals surface area (Å²) >= 11 is 3.48. The fourth-order valence-corrected chi connectivity index (χ4v) is 2.90. The Labute approximate surface area is 120 Å². The lowest BCUT2D eigenvalue weighted by atomic mass is 10.2. The lowest BCUT2D eigenvalue weighted by molar-refractivity contribution is 0.551. The van der Waals surface area contributed by atoms with Gasteiger partial charge in [-0.05, 0) is 24.6 Å². The van der Waals surface area contributed by atoms with Crippen LogP contribution in [-0.2, 0) is 0 Å². The number of hydrogen-bond donors (Lipinski definition) is 0. The van der Waals surface area contributed by atoms with Crippen LogP contribution >= 0.6 is 15.9 Å². The van der Waals surface area contributed by atoms with E-state index < -0.39 is 0 Å². The van der Waals surface area contributed by atoms with E-state index in [1.165, 1.54) is 0 Å². The van der Waals surface area contributed by atoms with E-state index in [4.69, 9.17) is 0 Å². The molecule has 1 aromatic heterocycles. The first-order valence-corrected chi connectivity index (χ1v) is 6.99. The van der Waals surface area contributed by atoms with Crippen molar-refractivity contribution < 1.29 is 0 Å². The number of benzene rings is 1. The van der Waals surface area contributed by atoms with Crippen molar-refractivity contribution in [2.75, 3.05) is 18.0 Å². The number of imidazole rings is 1. The number of halogens is 1. The van der Waals surface area contributed by atoms with Crippen LogP contribution in [0.15, 0.2) is 41.4 Å².